The van der Waals surface area contributed by atoms with Crippen molar-refractivity contribution in [2.75, 3.05) is 19.6 Å². The molecule has 3 saturated heterocycles. The zero-order valence-corrected chi connectivity index (χ0v) is 10.2. The topological polar surface area (TPSA) is 40.6 Å². The van der Waals surface area contributed by atoms with Crippen molar-refractivity contribution < 1.29 is 9.59 Å². The van der Waals surface area contributed by atoms with Gasteiger partial charge in [0, 0.05) is 31.6 Å². The van der Waals surface area contributed by atoms with Crippen LogP contribution < -0.4 is 0 Å². The Kier molecular flexibility index (Phi) is 2.90. The van der Waals surface area contributed by atoms with E-state index in [0.717, 1.165) is 13.0 Å². The fraction of sp³-hybridized carbons (Fsp3) is 0.846. The molecule has 3 aliphatic heterocycles. The van der Waals surface area contributed by atoms with Gasteiger partial charge in [0.15, 0.2) is 0 Å². The van der Waals surface area contributed by atoms with Gasteiger partial charge in [-0.2, -0.15) is 0 Å². The summed E-state index contributed by atoms with van der Waals surface area (Å²) in [4.78, 5) is 27.7. The first-order valence-electron chi connectivity index (χ1n) is 6.81. The number of fused-ring (bicyclic) bond motifs is 1. The Morgan fingerprint density at radius 3 is 2.65 bits per heavy atom. The van der Waals surface area contributed by atoms with E-state index < -0.39 is 0 Å². The monoisotopic (exact) mass is 236 g/mol. The molecule has 3 aliphatic rings. The van der Waals surface area contributed by atoms with Gasteiger partial charge in [-0.25, -0.2) is 0 Å². The number of rotatable bonds is 1. The van der Waals surface area contributed by atoms with Crippen molar-refractivity contribution in [1.82, 2.24) is 9.80 Å². The van der Waals surface area contributed by atoms with Gasteiger partial charge in [0.05, 0.1) is 6.42 Å². The Bertz CT molecular complexity index is 342. The summed E-state index contributed by atoms with van der Waals surface area (Å²) in [6, 6.07) is 0.955. The first-order chi connectivity index (χ1) is 8.25. The predicted molar refractivity (Wildman–Crippen MR) is 63.6 cm³/mol. The standard InChI is InChI=1S/C13H20N2O2/c16-10-4-8-15(13(17)9-10)12-5-7-14-6-2-1-3-11(12)14/h11-12H,1-9H2. The number of hydrogen-bond acceptors (Lipinski definition) is 3. The van der Waals surface area contributed by atoms with Crippen molar-refractivity contribution in [2.24, 2.45) is 0 Å². The van der Waals surface area contributed by atoms with E-state index in [1.54, 1.807) is 0 Å². The lowest BCUT2D eigenvalue weighted by Gasteiger charge is -2.39. The van der Waals surface area contributed by atoms with Crippen molar-refractivity contribution in [3.8, 4) is 0 Å². The molecule has 3 rings (SSSR count). The highest BCUT2D eigenvalue weighted by Gasteiger charge is 2.41. The molecule has 1 amide bonds. The van der Waals surface area contributed by atoms with Crippen LogP contribution in [-0.2, 0) is 9.59 Å². The number of hydrogen-bond donors (Lipinski definition) is 0. The molecule has 17 heavy (non-hydrogen) atoms. The number of nitrogens with zero attached hydrogens (tertiary/aromatic N) is 2. The Labute approximate surface area is 102 Å². The van der Waals surface area contributed by atoms with E-state index in [1.165, 1.54) is 25.8 Å². The summed E-state index contributed by atoms with van der Waals surface area (Å²) >= 11 is 0. The lowest BCUT2D eigenvalue weighted by Crippen LogP contribution is -2.52. The van der Waals surface area contributed by atoms with Crippen molar-refractivity contribution in [1.29, 1.82) is 0 Å². The molecule has 94 valence electrons. The second-order valence-corrected chi connectivity index (χ2v) is 5.51. The van der Waals surface area contributed by atoms with Crippen molar-refractivity contribution in [3.05, 3.63) is 0 Å². The summed E-state index contributed by atoms with van der Waals surface area (Å²) in [6.45, 7) is 2.99. The highest BCUT2D eigenvalue weighted by atomic mass is 16.2. The average Bonchev–Trinajstić information content (AvgIpc) is 2.73. The molecule has 0 saturated carbocycles. The smallest absolute Gasteiger partial charge is 0.230 e. The predicted octanol–water partition coefficient (Wildman–Crippen LogP) is 0.805. The third-order valence-corrected chi connectivity index (χ3v) is 4.52. The van der Waals surface area contributed by atoms with Gasteiger partial charge in [-0.15, -0.1) is 0 Å². The van der Waals surface area contributed by atoms with E-state index >= 15 is 0 Å². The van der Waals surface area contributed by atoms with Gasteiger partial charge in [0.25, 0.3) is 0 Å². The molecular weight excluding hydrogens is 216 g/mol. The zero-order chi connectivity index (χ0) is 11.8. The number of likely N-dealkylation sites (tertiary alicyclic amines) is 1. The van der Waals surface area contributed by atoms with Gasteiger partial charge in [-0.3, -0.25) is 14.5 Å². The molecule has 0 spiro atoms. The third kappa shape index (κ3) is 1.99. The van der Waals surface area contributed by atoms with Gasteiger partial charge in [0.2, 0.25) is 5.91 Å². The Hall–Kier alpha value is -0.900. The SMILES string of the molecule is O=C1CCN(C2CCN3CCCCC23)C(=O)C1. The number of Topliss-reactive ketones (excluding diaryl/α,β-unsaturated/α-hetero) is 1. The van der Waals surface area contributed by atoms with Gasteiger partial charge in [-0.05, 0) is 25.8 Å². The maximum absolute atomic E-state index is 12.0. The van der Waals surface area contributed by atoms with Crippen molar-refractivity contribution in [3.63, 3.8) is 0 Å². The van der Waals surface area contributed by atoms with E-state index in [9.17, 15) is 9.59 Å². The molecule has 0 aromatic heterocycles. The fourth-order valence-electron chi connectivity index (χ4n) is 3.66. The van der Waals surface area contributed by atoms with E-state index in [4.69, 9.17) is 0 Å². The highest BCUT2D eigenvalue weighted by molar-refractivity contribution is 6.00. The Morgan fingerprint density at radius 2 is 1.82 bits per heavy atom. The maximum Gasteiger partial charge on any atom is 0.230 e. The second kappa shape index (κ2) is 4.41. The number of amides is 1. The fourth-order valence-corrected chi connectivity index (χ4v) is 3.66. The lowest BCUT2D eigenvalue weighted by molar-refractivity contribution is -0.142. The maximum atomic E-state index is 12.0. The molecule has 2 unspecified atom stereocenters. The molecule has 0 radical (unpaired) electrons. The van der Waals surface area contributed by atoms with Crippen LogP contribution in [0.25, 0.3) is 0 Å². The molecule has 0 aromatic carbocycles. The van der Waals surface area contributed by atoms with Crippen LogP contribution >= 0.6 is 0 Å². The van der Waals surface area contributed by atoms with E-state index in [1.807, 2.05) is 4.90 Å². The van der Waals surface area contributed by atoms with Gasteiger partial charge >= 0.3 is 0 Å². The van der Waals surface area contributed by atoms with E-state index in [2.05, 4.69) is 4.90 Å². The number of carbonyl (C=O) groups is 2. The minimum absolute atomic E-state index is 0.0682. The van der Waals surface area contributed by atoms with Gasteiger partial charge in [-0.1, -0.05) is 6.42 Å². The van der Waals surface area contributed by atoms with Crippen LogP contribution in [0.1, 0.15) is 38.5 Å². The highest BCUT2D eigenvalue weighted by Crippen LogP contribution is 2.31. The molecule has 0 aliphatic carbocycles. The molecule has 3 heterocycles. The first kappa shape index (κ1) is 11.2. The molecule has 2 atom stereocenters. The molecule has 4 heteroatoms. The summed E-state index contributed by atoms with van der Waals surface area (Å²) in [5.41, 5.74) is 0. The molecule has 4 nitrogen and oxygen atoms in total. The molecule has 0 N–H and O–H groups in total. The summed E-state index contributed by atoms with van der Waals surface area (Å²) in [6.07, 6.45) is 5.62. The third-order valence-electron chi connectivity index (χ3n) is 4.52. The summed E-state index contributed by atoms with van der Waals surface area (Å²) < 4.78 is 0. The Balaban J connectivity index is 1.71. The number of carbonyl (C=O) groups excluding carboxylic acids is 2. The van der Waals surface area contributed by atoms with Crippen LogP contribution in [-0.4, -0.2) is 53.2 Å². The first-order valence-corrected chi connectivity index (χ1v) is 6.81. The number of ketones is 1. The van der Waals surface area contributed by atoms with Gasteiger partial charge in [0.1, 0.15) is 5.78 Å². The quantitative estimate of drug-likeness (QED) is 0.632. The molecule has 0 bridgehead atoms. The van der Waals surface area contributed by atoms with Crippen LogP contribution in [0.5, 0.6) is 0 Å². The zero-order valence-electron chi connectivity index (χ0n) is 10.2. The molecular formula is C13H20N2O2. The molecule has 3 fully saturated rings. The molecule has 0 aromatic rings. The van der Waals surface area contributed by atoms with Crippen LogP contribution in [0.2, 0.25) is 0 Å². The summed E-state index contributed by atoms with van der Waals surface area (Å²) in [7, 11) is 0. The second-order valence-electron chi connectivity index (χ2n) is 5.51. The van der Waals surface area contributed by atoms with E-state index in [-0.39, 0.29) is 18.1 Å². The lowest BCUT2D eigenvalue weighted by atomic mass is 9.96. The van der Waals surface area contributed by atoms with Crippen LogP contribution in [0.15, 0.2) is 0 Å². The van der Waals surface area contributed by atoms with Crippen LogP contribution in [0.3, 0.4) is 0 Å². The minimum Gasteiger partial charge on any atom is -0.337 e. The normalized spacial score (nSPS) is 35.2. The van der Waals surface area contributed by atoms with E-state index in [0.29, 0.717) is 25.0 Å². The summed E-state index contributed by atoms with van der Waals surface area (Å²) in [5, 5.41) is 0. The van der Waals surface area contributed by atoms with Crippen molar-refractivity contribution in [2.45, 2.75) is 50.6 Å². The van der Waals surface area contributed by atoms with Gasteiger partial charge < -0.3 is 4.90 Å². The van der Waals surface area contributed by atoms with Crippen LogP contribution in [0, 0.1) is 0 Å². The minimum atomic E-state index is 0.0682. The van der Waals surface area contributed by atoms with Crippen LogP contribution in [0.4, 0.5) is 0 Å². The average molecular weight is 236 g/mol. The largest absolute Gasteiger partial charge is 0.337 e. The number of piperidine rings is 2. The van der Waals surface area contributed by atoms with Crippen molar-refractivity contribution >= 4 is 11.7 Å². The summed E-state index contributed by atoms with van der Waals surface area (Å²) in [5.74, 6) is 0.184. The Morgan fingerprint density at radius 1 is 0.941 bits per heavy atom.